The highest BCUT2D eigenvalue weighted by atomic mass is 16.3. The molecule has 4 saturated carbocycles. The van der Waals surface area contributed by atoms with Gasteiger partial charge in [-0.25, -0.2) is 0 Å². The van der Waals surface area contributed by atoms with Crippen molar-refractivity contribution in [1.82, 2.24) is 9.78 Å². The molecule has 0 aliphatic heterocycles. The number of hydrogen-bond donors (Lipinski definition) is 2. The summed E-state index contributed by atoms with van der Waals surface area (Å²) in [5.74, 6) is 4.11. The molecule has 32 heavy (non-hydrogen) atoms. The minimum absolute atomic E-state index is 0.182. The molecule has 0 bridgehead atoms. The van der Waals surface area contributed by atoms with Gasteiger partial charge in [0.15, 0.2) is 0 Å². The molecule has 0 saturated heterocycles. The predicted octanol–water partition coefficient (Wildman–Crippen LogP) is 4.92. The van der Waals surface area contributed by atoms with Crippen molar-refractivity contribution in [3.63, 3.8) is 0 Å². The number of nitrogens with zero attached hydrogens (tertiary/aromatic N) is 3. The van der Waals surface area contributed by atoms with Gasteiger partial charge in [-0.1, -0.05) is 13.8 Å². The van der Waals surface area contributed by atoms with Crippen LogP contribution in [0.1, 0.15) is 90.5 Å². The molecule has 5 rings (SSSR count). The maximum absolute atomic E-state index is 11.7. The molecule has 0 spiro atoms. The Kier molecular flexibility index (Phi) is 5.49. The molecule has 9 atom stereocenters. The Bertz CT molecular complexity index is 888. The fourth-order valence-corrected chi connectivity index (χ4v) is 9.25. The van der Waals surface area contributed by atoms with Gasteiger partial charge in [0.25, 0.3) is 0 Å². The van der Waals surface area contributed by atoms with Crippen molar-refractivity contribution < 1.29 is 10.2 Å². The molecular formula is C27H41N3O2. The zero-order valence-corrected chi connectivity index (χ0v) is 20.1. The van der Waals surface area contributed by atoms with Crippen LogP contribution < -0.4 is 0 Å². The second-order valence-electron chi connectivity index (χ2n) is 12.3. The lowest BCUT2D eigenvalue weighted by molar-refractivity contribution is -0.129. The Balaban J connectivity index is 1.32. The molecule has 2 unspecified atom stereocenters. The predicted molar refractivity (Wildman–Crippen MR) is 123 cm³/mol. The molecule has 2 N–H and O–H groups in total. The van der Waals surface area contributed by atoms with Gasteiger partial charge < -0.3 is 10.2 Å². The van der Waals surface area contributed by atoms with Gasteiger partial charge in [-0.2, -0.15) is 10.4 Å². The van der Waals surface area contributed by atoms with E-state index in [1.807, 2.05) is 6.92 Å². The Hall–Kier alpha value is -1.38. The van der Waals surface area contributed by atoms with Crippen LogP contribution in [0.2, 0.25) is 0 Å². The first-order chi connectivity index (χ1) is 15.2. The van der Waals surface area contributed by atoms with Gasteiger partial charge in [0.05, 0.1) is 29.5 Å². The molecule has 1 heterocycles. The average Bonchev–Trinajstić information content (AvgIpc) is 3.36. The van der Waals surface area contributed by atoms with E-state index in [1.54, 1.807) is 17.1 Å². The van der Waals surface area contributed by atoms with E-state index >= 15 is 0 Å². The van der Waals surface area contributed by atoms with Gasteiger partial charge in [0, 0.05) is 6.20 Å². The minimum Gasteiger partial charge on any atom is -0.390 e. The van der Waals surface area contributed by atoms with Gasteiger partial charge in [-0.05, 0) is 112 Å². The molecule has 5 heteroatoms. The van der Waals surface area contributed by atoms with E-state index in [0.717, 1.165) is 43.4 Å². The maximum Gasteiger partial charge on any atom is 0.102 e. The number of nitriles is 1. The van der Waals surface area contributed by atoms with Crippen LogP contribution in [-0.4, -0.2) is 31.2 Å². The molecule has 0 amide bonds. The summed E-state index contributed by atoms with van der Waals surface area (Å²) in [6.45, 7) is 7.06. The van der Waals surface area contributed by atoms with Crippen molar-refractivity contribution in [2.75, 3.05) is 0 Å². The van der Waals surface area contributed by atoms with Gasteiger partial charge in [-0.15, -0.1) is 0 Å². The van der Waals surface area contributed by atoms with Crippen LogP contribution >= 0.6 is 0 Å². The Morgan fingerprint density at radius 2 is 1.94 bits per heavy atom. The maximum atomic E-state index is 11.7. The van der Waals surface area contributed by atoms with Gasteiger partial charge in [-0.3, -0.25) is 4.68 Å². The first kappa shape index (κ1) is 22.4. The number of rotatable bonds is 4. The van der Waals surface area contributed by atoms with Crippen LogP contribution in [0.25, 0.3) is 0 Å². The summed E-state index contributed by atoms with van der Waals surface area (Å²) in [5.41, 5.74) is -0.501. The number of aromatic nitrogens is 2. The zero-order chi connectivity index (χ0) is 22.7. The molecule has 1 aromatic rings. The molecule has 1 aromatic heterocycles. The normalized spacial score (nSPS) is 45.2. The smallest absolute Gasteiger partial charge is 0.102 e. The summed E-state index contributed by atoms with van der Waals surface area (Å²) in [6.07, 6.45) is 14.9. The van der Waals surface area contributed by atoms with E-state index in [0.29, 0.717) is 23.9 Å². The molecule has 4 aliphatic carbocycles. The highest BCUT2D eigenvalue weighted by molar-refractivity contribution is 5.21. The van der Waals surface area contributed by atoms with Crippen molar-refractivity contribution in [3.8, 4) is 6.07 Å². The van der Waals surface area contributed by atoms with E-state index in [1.165, 1.54) is 38.5 Å². The van der Waals surface area contributed by atoms with Crippen molar-refractivity contribution in [2.24, 2.45) is 40.9 Å². The fourth-order valence-electron chi connectivity index (χ4n) is 9.25. The van der Waals surface area contributed by atoms with Gasteiger partial charge in [0.1, 0.15) is 6.07 Å². The monoisotopic (exact) mass is 439 g/mol. The third-order valence-corrected chi connectivity index (χ3v) is 10.8. The van der Waals surface area contributed by atoms with E-state index in [-0.39, 0.29) is 11.3 Å². The third kappa shape index (κ3) is 3.53. The largest absolute Gasteiger partial charge is 0.390 e. The molecule has 4 aliphatic rings. The third-order valence-electron chi connectivity index (χ3n) is 10.8. The highest BCUT2D eigenvalue weighted by Crippen LogP contribution is 2.66. The second kappa shape index (κ2) is 7.84. The van der Waals surface area contributed by atoms with Crippen LogP contribution in [-0.2, 0) is 6.54 Å². The van der Waals surface area contributed by atoms with Crippen LogP contribution in [0.3, 0.4) is 0 Å². The van der Waals surface area contributed by atoms with E-state index < -0.39 is 11.2 Å². The number of aliphatic hydroxyl groups is 2. The Morgan fingerprint density at radius 3 is 2.66 bits per heavy atom. The molecule has 4 fully saturated rings. The average molecular weight is 440 g/mol. The topological polar surface area (TPSA) is 82.1 Å². The van der Waals surface area contributed by atoms with Crippen molar-refractivity contribution >= 4 is 0 Å². The summed E-state index contributed by atoms with van der Waals surface area (Å²) < 4.78 is 1.75. The summed E-state index contributed by atoms with van der Waals surface area (Å²) in [6, 6.07) is 2.14. The van der Waals surface area contributed by atoms with E-state index in [4.69, 9.17) is 5.26 Å². The molecule has 0 aromatic carbocycles. The molecule has 0 radical (unpaired) electrons. The van der Waals surface area contributed by atoms with E-state index in [2.05, 4.69) is 25.0 Å². The number of hydrogen-bond acceptors (Lipinski definition) is 4. The molecular weight excluding hydrogens is 398 g/mol. The van der Waals surface area contributed by atoms with Crippen LogP contribution in [0.5, 0.6) is 0 Å². The second-order valence-corrected chi connectivity index (χ2v) is 12.3. The summed E-state index contributed by atoms with van der Waals surface area (Å²) in [4.78, 5) is 0. The van der Waals surface area contributed by atoms with Crippen molar-refractivity contribution in [3.05, 3.63) is 18.0 Å². The fraction of sp³-hybridized carbons (Fsp3) is 0.852. The Labute approximate surface area is 193 Å². The zero-order valence-electron chi connectivity index (χ0n) is 20.1. The minimum atomic E-state index is -0.825. The van der Waals surface area contributed by atoms with Gasteiger partial charge in [0.2, 0.25) is 0 Å². The van der Waals surface area contributed by atoms with Crippen LogP contribution in [0, 0.1) is 52.3 Å². The van der Waals surface area contributed by atoms with Gasteiger partial charge >= 0.3 is 0 Å². The van der Waals surface area contributed by atoms with Crippen molar-refractivity contribution in [1.29, 1.82) is 5.26 Å². The quantitative estimate of drug-likeness (QED) is 0.698. The lowest BCUT2D eigenvalue weighted by Crippen LogP contribution is -2.53. The summed E-state index contributed by atoms with van der Waals surface area (Å²) in [5, 5.41) is 36.0. The standard InChI is InChI=1S/C27H41N3O2/c1-4-27(32)12-10-20-19(13-27)5-6-22-21(20)9-11-25(2)23(22)7-8-24(25)26(3,31)17-30-16-18(14-28)15-29-30/h15-16,19-24,31-32H,4-13,17H2,1-3H3/t19-,20-,21+,22+,23-,24?,25-,26?,27+/m0/s1. The first-order valence-corrected chi connectivity index (χ1v) is 13.1. The van der Waals surface area contributed by atoms with Crippen LogP contribution in [0.4, 0.5) is 0 Å². The molecule has 5 nitrogen and oxygen atoms in total. The van der Waals surface area contributed by atoms with Crippen LogP contribution in [0.15, 0.2) is 12.4 Å². The van der Waals surface area contributed by atoms with Crippen molar-refractivity contribution in [2.45, 2.75) is 103 Å². The summed E-state index contributed by atoms with van der Waals surface area (Å²) in [7, 11) is 0. The lowest BCUT2D eigenvalue weighted by Gasteiger charge is -2.58. The molecule has 176 valence electrons. The number of fused-ring (bicyclic) bond motifs is 5. The lowest BCUT2D eigenvalue weighted by atomic mass is 9.48. The highest BCUT2D eigenvalue weighted by Gasteiger charge is 2.60. The Morgan fingerprint density at radius 1 is 1.16 bits per heavy atom. The SMILES string of the molecule is CC[C@@]1(O)CC[C@H]2[C@@H](CC[C@@H]3[C@@H]2CC[C@]2(C)C(C(C)(O)Cn4cc(C#N)cn4)CC[C@@H]32)C1. The first-order valence-electron chi connectivity index (χ1n) is 13.1. The summed E-state index contributed by atoms with van der Waals surface area (Å²) >= 11 is 0. The van der Waals surface area contributed by atoms with E-state index in [9.17, 15) is 10.2 Å².